The van der Waals surface area contributed by atoms with Crippen LogP contribution < -0.4 is 0 Å². The van der Waals surface area contributed by atoms with Gasteiger partial charge in [0, 0.05) is 12.7 Å². The first kappa shape index (κ1) is 10.0. The molecular weight excluding hydrogens is 160 g/mol. The number of aromatic nitrogens is 2. The maximum absolute atomic E-state index is 4.38. The molecule has 0 aliphatic rings. The number of allylic oxidation sites excluding steroid dienone is 2. The monoisotopic (exact) mass is 178 g/mol. The van der Waals surface area contributed by atoms with Crippen molar-refractivity contribution in [3.05, 3.63) is 29.1 Å². The highest BCUT2D eigenvalue weighted by atomic mass is 15.3. The average molecular weight is 178 g/mol. The zero-order valence-electron chi connectivity index (χ0n) is 8.96. The topological polar surface area (TPSA) is 17.8 Å². The van der Waals surface area contributed by atoms with Gasteiger partial charge in [0.2, 0.25) is 0 Å². The van der Waals surface area contributed by atoms with Crippen LogP contribution in [0.25, 0.3) is 0 Å². The van der Waals surface area contributed by atoms with E-state index in [1.54, 1.807) is 0 Å². The molecule has 0 bridgehead atoms. The van der Waals surface area contributed by atoms with Crippen molar-refractivity contribution in [3.8, 4) is 0 Å². The van der Waals surface area contributed by atoms with Gasteiger partial charge in [-0.1, -0.05) is 12.2 Å². The van der Waals surface area contributed by atoms with E-state index in [1.807, 2.05) is 11.7 Å². The minimum atomic E-state index is 1.11. The first-order valence-electron chi connectivity index (χ1n) is 4.77. The SMILES string of the molecule is C/C=C\CCc1c(C)nn(C)c1C. The molecule has 1 heterocycles. The maximum atomic E-state index is 4.38. The second-order valence-electron chi connectivity index (χ2n) is 3.38. The average Bonchev–Trinajstić information content (AvgIpc) is 2.32. The standard InChI is InChI=1S/C11H18N2/c1-5-6-7-8-11-9(2)12-13(4)10(11)3/h5-6H,7-8H2,1-4H3/b6-5-. The van der Waals surface area contributed by atoms with Gasteiger partial charge in [-0.25, -0.2) is 0 Å². The zero-order chi connectivity index (χ0) is 9.84. The Kier molecular flexibility index (Phi) is 3.29. The summed E-state index contributed by atoms with van der Waals surface area (Å²) in [6.07, 6.45) is 6.52. The normalized spacial score (nSPS) is 11.4. The molecule has 0 radical (unpaired) electrons. The fourth-order valence-corrected chi connectivity index (χ4v) is 1.57. The van der Waals surface area contributed by atoms with Gasteiger partial charge in [-0.2, -0.15) is 5.10 Å². The highest BCUT2D eigenvalue weighted by molar-refractivity contribution is 5.24. The van der Waals surface area contributed by atoms with Gasteiger partial charge in [-0.15, -0.1) is 0 Å². The summed E-state index contributed by atoms with van der Waals surface area (Å²) in [6, 6.07) is 0. The van der Waals surface area contributed by atoms with Crippen LogP contribution in [0, 0.1) is 13.8 Å². The molecule has 0 aromatic carbocycles. The number of hydrogen-bond donors (Lipinski definition) is 0. The van der Waals surface area contributed by atoms with Gasteiger partial charge in [-0.3, -0.25) is 4.68 Å². The third-order valence-corrected chi connectivity index (χ3v) is 2.46. The summed E-state index contributed by atoms with van der Waals surface area (Å²) in [5, 5.41) is 4.38. The lowest BCUT2D eigenvalue weighted by molar-refractivity contribution is 0.730. The fraction of sp³-hybridized carbons (Fsp3) is 0.545. The van der Waals surface area contributed by atoms with E-state index in [0.29, 0.717) is 0 Å². The molecular formula is C11H18N2. The summed E-state index contributed by atoms with van der Waals surface area (Å²) in [6.45, 7) is 6.27. The van der Waals surface area contributed by atoms with Crippen molar-refractivity contribution in [2.24, 2.45) is 7.05 Å². The minimum absolute atomic E-state index is 1.11. The quantitative estimate of drug-likeness (QED) is 0.650. The Labute approximate surface area is 80.3 Å². The Bertz CT molecular complexity index is 308. The molecule has 2 heteroatoms. The Morgan fingerprint density at radius 2 is 2.08 bits per heavy atom. The summed E-state index contributed by atoms with van der Waals surface area (Å²) in [5.41, 5.74) is 3.87. The van der Waals surface area contributed by atoms with Crippen molar-refractivity contribution in [3.63, 3.8) is 0 Å². The van der Waals surface area contributed by atoms with E-state index in [9.17, 15) is 0 Å². The summed E-state index contributed by atoms with van der Waals surface area (Å²) < 4.78 is 1.96. The lowest BCUT2D eigenvalue weighted by Gasteiger charge is -1.98. The number of rotatable bonds is 3. The number of hydrogen-bond acceptors (Lipinski definition) is 1. The third-order valence-electron chi connectivity index (χ3n) is 2.46. The molecule has 13 heavy (non-hydrogen) atoms. The van der Waals surface area contributed by atoms with E-state index < -0.39 is 0 Å². The molecule has 1 aromatic heterocycles. The predicted octanol–water partition coefficient (Wildman–Crippen LogP) is 2.55. The van der Waals surface area contributed by atoms with Crippen LogP contribution in [0.4, 0.5) is 0 Å². The van der Waals surface area contributed by atoms with Crippen LogP contribution in [0.2, 0.25) is 0 Å². The number of nitrogens with zero attached hydrogens (tertiary/aromatic N) is 2. The first-order chi connectivity index (χ1) is 6.16. The Hall–Kier alpha value is -1.05. The largest absolute Gasteiger partial charge is 0.272 e. The highest BCUT2D eigenvalue weighted by Crippen LogP contribution is 2.13. The van der Waals surface area contributed by atoms with Crippen LogP contribution in [0.1, 0.15) is 30.3 Å². The van der Waals surface area contributed by atoms with Gasteiger partial charge in [-0.05, 0) is 39.2 Å². The van der Waals surface area contributed by atoms with E-state index >= 15 is 0 Å². The van der Waals surface area contributed by atoms with Gasteiger partial charge in [0.25, 0.3) is 0 Å². The van der Waals surface area contributed by atoms with E-state index in [4.69, 9.17) is 0 Å². The van der Waals surface area contributed by atoms with Crippen LogP contribution in [-0.2, 0) is 13.5 Å². The molecule has 0 saturated heterocycles. The van der Waals surface area contributed by atoms with Gasteiger partial charge >= 0.3 is 0 Å². The summed E-state index contributed by atoms with van der Waals surface area (Å²) in [4.78, 5) is 0. The second-order valence-corrected chi connectivity index (χ2v) is 3.38. The van der Waals surface area contributed by atoms with Gasteiger partial charge in [0.05, 0.1) is 5.69 Å². The predicted molar refractivity (Wildman–Crippen MR) is 55.8 cm³/mol. The lowest BCUT2D eigenvalue weighted by Crippen LogP contribution is -1.93. The van der Waals surface area contributed by atoms with Crippen LogP contribution in [-0.4, -0.2) is 9.78 Å². The van der Waals surface area contributed by atoms with Crippen molar-refractivity contribution in [2.75, 3.05) is 0 Å². The maximum Gasteiger partial charge on any atom is 0.0628 e. The molecule has 0 amide bonds. The Morgan fingerprint density at radius 1 is 1.38 bits per heavy atom. The van der Waals surface area contributed by atoms with Gasteiger partial charge in [0.1, 0.15) is 0 Å². The summed E-state index contributed by atoms with van der Waals surface area (Å²) in [5.74, 6) is 0. The Balaban J connectivity index is 2.75. The van der Waals surface area contributed by atoms with Crippen molar-refractivity contribution in [2.45, 2.75) is 33.6 Å². The van der Waals surface area contributed by atoms with Crippen LogP contribution in [0.5, 0.6) is 0 Å². The molecule has 2 nitrogen and oxygen atoms in total. The first-order valence-corrected chi connectivity index (χ1v) is 4.77. The fourth-order valence-electron chi connectivity index (χ4n) is 1.57. The van der Waals surface area contributed by atoms with Gasteiger partial charge in [0.15, 0.2) is 0 Å². The molecule has 1 aromatic rings. The Morgan fingerprint density at radius 3 is 2.54 bits per heavy atom. The third kappa shape index (κ3) is 2.20. The second kappa shape index (κ2) is 4.26. The molecule has 0 atom stereocenters. The van der Waals surface area contributed by atoms with Crippen LogP contribution in [0.3, 0.4) is 0 Å². The van der Waals surface area contributed by atoms with Crippen molar-refractivity contribution < 1.29 is 0 Å². The van der Waals surface area contributed by atoms with Crippen LogP contribution in [0.15, 0.2) is 12.2 Å². The number of aryl methyl sites for hydroxylation is 2. The molecule has 0 fully saturated rings. The smallest absolute Gasteiger partial charge is 0.0628 e. The molecule has 0 spiro atoms. The van der Waals surface area contributed by atoms with Crippen molar-refractivity contribution >= 4 is 0 Å². The highest BCUT2D eigenvalue weighted by Gasteiger charge is 2.07. The van der Waals surface area contributed by atoms with E-state index in [0.717, 1.165) is 12.8 Å². The van der Waals surface area contributed by atoms with Crippen molar-refractivity contribution in [1.82, 2.24) is 9.78 Å². The lowest BCUT2D eigenvalue weighted by atomic mass is 10.1. The van der Waals surface area contributed by atoms with Crippen molar-refractivity contribution in [1.29, 1.82) is 0 Å². The molecule has 0 aliphatic heterocycles. The molecule has 0 unspecified atom stereocenters. The van der Waals surface area contributed by atoms with E-state index in [2.05, 4.69) is 38.0 Å². The molecule has 0 aliphatic carbocycles. The minimum Gasteiger partial charge on any atom is -0.272 e. The molecule has 0 saturated carbocycles. The summed E-state index contributed by atoms with van der Waals surface area (Å²) >= 11 is 0. The van der Waals surface area contributed by atoms with Gasteiger partial charge < -0.3 is 0 Å². The molecule has 1 rings (SSSR count). The van der Waals surface area contributed by atoms with E-state index in [-0.39, 0.29) is 0 Å². The van der Waals surface area contributed by atoms with Crippen LogP contribution >= 0.6 is 0 Å². The zero-order valence-corrected chi connectivity index (χ0v) is 8.96. The summed E-state index contributed by atoms with van der Waals surface area (Å²) in [7, 11) is 2.00. The molecule has 0 N–H and O–H groups in total. The van der Waals surface area contributed by atoms with E-state index in [1.165, 1.54) is 17.0 Å². The molecule has 72 valence electrons.